The normalized spacial score (nSPS) is 11.0. The lowest BCUT2D eigenvalue weighted by molar-refractivity contribution is -0.138. The van der Waals surface area contributed by atoms with Crippen molar-refractivity contribution in [1.82, 2.24) is 0 Å². The van der Waals surface area contributed by atoms with E-state index in [1.165, 1.54) is 14.2 Å². The number of rotatable bonds is 10. The van der Waals surface area contributed by atoms with Crippen LogP contribution in [0.25, 0.3) is 0 Å². The molecule has 22 heavy (non-hydrogen) atoms. The zero-order valence-electron chi connectivity index (χ0n) is 13.2. The second-order valence-electron chi connectivity index (χ2n) is 4.14. The van der Waals surface area contributed by atoms with Gasteiger partial charge in [-0.15, -0.1) is 0 Å². The van der Waals surface area contributed by atoms with Crippen LogP contribution in [-0.2, 0) is 22.8 Å². The van der Waals surface area contributed by atoms with E-state index in [0.717, 1.165) is 17.0 Å². The molecule has 0 N–H and O–H groups in total. The molecule has 0 aromatic heterocycles. The van der Waals surface area contributed by atoms with Gasteiger partial charge in [-0.3, -0.25) is 0 Å². The number of ether oxygens (including phenoxy) is 2. The van der Waals surface area contributed by atoms with Crippen LogP contribution in [0.4, 0.5) is 0 Å². The summed E-state index contributed by atoms with van der Waals surface area (Å²) in [6.45, 7) is 6.11. The van der Waals surface area contributed by atoms with E-state index in [2.05, 4.69) is 6.58 Å². The van der Waals surface area contributed by atoms with Crippen LogP contribution in [0.5, 0.6) is 5.75 Å². The minimum atomic E-state index is -3.02. The van der Waals surface area contributed by atoms with E-state index in [-0.39, 0.29) is 13.2 Å². The van der Waals surface area contributed by atoms with Crippen LogP contribution in [0, 0.1) is 0 Å². The molecule has 0 aliphatic heterocycles. The molecule has 122 valence electrons. The second kappa shape index (κ2) is 9.37. The number of benzene rings is 1. The number of hydrogen-bond donors (Lipinski definition) is 0. The van der Waals surface area contributed by atoms with E-state index in [9.17, 15) is 4.79 Å². The van der Waals surface area contributed by atoms with Gasteiger partial charge in [-0.05, 0) is 19.1 Å². The monoisotopic (exact) mass is 326 g/mol. The molecule has 0 aliphatic rings. The Bertz CT molecular complexity index is 469. The van der Waals surface area contributed by atoms with Gasteiger partial charge in [-0.25, -0.2) is 4.79 Å². The molecule has 0 saturated carbocycles. The Morgan fingerprint density at radius 2 is 1.82 bits per heavy atom. The van der Waals surface area contributed by atoms with Crippen molar-refractivity contribution in [3.05, 3.63) is 36.9 Å². The molecule has 1 aromatic rings. The number of esters is 1. The number of carbonyl (C=O) groups is 1. The molecule has 6 nitrogen and oxygen atoms in total. The largest absolute Gasteiger partial charge is 0.536 e. The molecular formula is C15H22O6Si. The van der Waals surface area contributed by atoms with Crippen molar-refractivity contribution in [2.24, 2.45) is 0 Å². The molecule has 0 heterocycles. The van der Waals surface area contributed by atoms with Gasteiger partial charge in [0, 0.05) is 25.5 Å². The lowest BCUT2D eigenvalue weighted by Crippen LogP contribution is -2.55. The molecule has 1 aromatic carbocycles. The summed E-state index contributed by atoms with van der Waals surface area (Å²) in [6, 6.07) is 7.36. The van der Waals surface area contributed by atoms with E-state index in [1.807, 2.05) is 31.2 Å². The standard InChI is InChI=1S/C15H22O6Si/c1-5-15(16)20-11-12-21-22(17-3,18-4)14-9-7-13(8-10-14)19-6-2/h5,7-10H,1,6,11-12H2,2-4H3. The molecule has 0 bridgehead atoms. The fraction of sp³-hybridized carbons (Fsp3) is 0.400. The predicted octanol–water partition coefficient (Wildman–Crippen LogP) is 1.27. The average molecular weight is 326 g/mol. The molecule has 7 heteroatoms. The zero-order chi connectivity index (χ0) is 16.4. The number of carbonyl (C=O) groups excluding carboxylic acids is 1. The van der Waals surface area contributed by atoms with E-state index in [4.69, 9.17) is 22.8 Å². The Morgan fingerprint density at radius 1 is 1.18 bits per heavy atom. The molecule has 0 atom stereocenters. The Labute approximate surface area is 132 Å². The van der Waals surface area contributed by atoms with Gasteiger partial charge < -0.3 is 22.8 Å². The van der Waals surface area contributed by atoms with E-state index < -0.39 is 14.8 Å². The smallest absolute Gasteiger partial charge is 0.494 e. The summed E-state index contributed by atoms with van der Waals surface area (Å²) in [6.07, 6.45) is 1.10. The number of hydrogen-bond acceptors (Lipinski definition) is 6. The fourth-order valence-electron chi connectivity index (χ4n) is 1.82. The molecule has 0 fully saturated rings. The van der Waals surface area contributed by atoms with Crippen molar-refractivity contribution >= 4 is 20.0 Å². The lowest BCUT2D eigenvalue weighted by Gasteiger charge is -2.26. The molecule has 0 spiro atoms. The summed E-state index contributed by atoms with van der Waals surface area (Å²) in [5.74, 6) is 0.271. The van der Waals surface area contributed by atoms with E-state index in [0.29, 0.717) is 6.61 Å². The first-order chi connectivity index (χ1) is 10.6. The summed E-state index contributed by atoms with van der Waals surface area (Å²) >= 11 is 0. The summed E-state index contributed by atoms with van der Waals surface area (Å²) < 4.78 is 27.0. The van der Waals surface area contributed by atoms with Gasteiger partial charge in [0.2, 0.25) is 0 Å². The van der Waals surface area contributed by atoms with Crippen LogP contribution in [0.15, 0.2) is 36.9 Å². The van der Waals surface area contributed by atoms with Gasteiger partial charge in [0.15, 0.2) is 0 Å². The van der Waals surface area contributed by atoms with E-state index in [1.54, 1.807) is 0 Å². The van der Waals surface area contributed by atoms with Gasteiger partial charge in [-0.2, -0.15) is 0 Å². The maximum absolute atomic E-state index is 11.0. The highest BCUT2D eigenvalue weighted by Gasteiger charge is 2.41. The maximum atomic E-state index is 11.0. The highest BCUT2D eigenvalue weighted by molar-refractivity contribution is 6.75. The highest BCUT2D eigenvalue weighted by Crippen LogP contribution is 2.13. The Balaban J connectivity index is 2.72. The van der Waals surface area contributed by atoms with Gasteiger partial charge >= 0.3 is 14.8 Å². The topological polar surface area (TPSA) is 63.2 Å². The third kappa shape index (κ3) is 4.95. The highest BCUT2D eigenvalue weighted by atomic mass is 28.4. The van der Waals surface area contributed by atoms with Crippen LogP contribution < -0.4 is 9.92 Å². The molecular weight excluding hydrogens is 304 g/mol. The molecule has 0 unspecified atom stereocenters. The first kappa shape index (κ1) is 18.4. The Morgan fingerprint density at radius 3 is 2.32 bits per heavy atom. The van der Waals surface area contributed by atoms with Crippen molar-refractivity contribution in [2.45, 2.75) is 6.92 Å². The maximum Gasteiger partial charge on any atom is 0.536 e. The molecule has 1 rings (SSSR count). The van der Waals surface area contributed by atoms with Gasteiger partial charge in [0.25, 0.3) is 0 Å². The van der Waals surface area contributed by atoms with Gasteiger partial charge in [0.1, 0.15) is 12.4 Å². The van der Waals surface area contributed by atoms with Crippen LogP contribution >= 0.6 is 0 Å². The molecule has 0 amide bonds. The Hall–Kier alpha value is -1.67. The third-order valence-electron chi connectivity index (χ3n) is 2.84. The van der Waals surface area contributed by atoms with Gasteiger partial charge in [-0.1, -0.05) is 18.7 Å². The van der Waals surface area contributed by atoms with Crippen molar-refractivity contribution in [1.29, 1.82) is 0 Å². The summed E-state index contributed by atoms with van der Waals surface area (Å²) in [5, 5.41) is 0.802. The zero-order valence-corrected chi connectivity index (χ0v) is 14.2. The predicted molar refractivity (Wildman–Crippen MR) is 84.1 cm³/mol. The minimum absolute atomic E-state index is 0.101. The van der Waals surface area contributed by atoms with Crippen LogP contribution in [0.1, 0.15) is 6.92 Å². The van der Waals surface area contributed by atoms with Gasteiger partial charge in [0.05, 0.1) is 13.2 Å². The van der Waals surface area contributed by atoms with E-state index >= 15 is 0 Å². The SMILES string of the molecule is C=CC(=O)OCCO[Si](OC)(OC)c1ccc(OCC)cc1. The van der Waals surface area contributed by atoms with Crippen molar-refractivity contribution in [2.75, 3.05) is 34.0 Å². The Kier molecular flexibility index (Phi) is 7.82. The van der Waals surface area contributed by atoms with Crippen LogP contribution in [0.2, 0.25) is 0 Å². The van der Waals surface area contributed by atoms with Crippen LogP contribution in [-0.4, -0.2) is 48.8 Å². The summed E-state index contributed by atoms with van der Waals surface area (Å²) in [4.78, 5) is 11.0. The second-order valence-corrected chi connectivity index (χ2v) is 6.94. The lowest BCUT2D eigenvalue weighted by atomic mass is 10.3. The summed E-state index contributed by atoms with van der Waals surface area (Å²) in [5.41, 5.74) is 0. The average Bonchev–Trinajstić information content (AvgIpc) is 2.56. The molecule has 0 aliphatic carbocycles. The minimum Gasteiger partial charge on any atom is -0.494 e. The van der Waals surface area contributed by atoms with Crippen molar-refractivity contribution < 1.29 is 27.5 Å². The van der Waals surface area contributed by atoms with Crippen molar-refractivity contribution in [3.63, 3.8) is 0 Å². The van der Waals surface area contributed by atoms with Crippen molar-refractivity contribution in [3.8, 4) is 5.75 Å². The molecule has 0 saturated heterocycles. The van der Waals surface area contributed by atoms with Crippen LogP contribution in [0.3, 0.4) is 0 Å². The fourth-order valence-corrected chi connectivity index (χ4v) is 3.79. The first-order valence-electron chi connectivity index (χ1n) is 6.88. The molecule has 0 radical (unpaired) electrons. The first-order valence-corrected chi connectivity index (χ1v) is 8.61. The third-order valence-corrected chi connectivity index (χ3v) is 5.54. The summed E-state index contributed by atoms with van der Waals surface area (Å²) in [7, 11) is 0.0391. The quantitative estimate of drug-likeness (QED) is 0.279.